The molecule has 0 radical (unpaired) electrons. The molecular formula is C36H38ClFN6O2S. The van der Waals surface area contributed by atoms with E-state index in [4.69, 9.17) is 11.6 Å². The first-order chi connectivity index (χ1) is 22.7. The Morgan fingerprint density at radius 2 is 1.64 bits per heavy atom. The minimum Gasteiger partial charge on any atom is -0.337 e. The van der Waals surface area contributed by atoms with E-state index in [9.17, 15) is 14.0 Å². The molecule has 8 nitrogen and oxygen atoms in total. The topological polar surface area (TPSA) is 87.1 Å². The van der Waals surface area contributed by atoms with Crippen molar-refractivity contribution in [2.75, 3.05) is 27.2 Å². The smallest absolute Gasteiger partial charge is 0.277 e. The highest BCUT2D eigenvalue weighted by Crippen LogP contribution is 2.26. The van der Waals surface area contributed by atoms with Gasteiger partial charge >= 0.3 is 0 Å². The van der Waals surface area contributed by atoms with Crippen LogP contribution in [0.2, 0.25) is 5.02 Å². The highest BCUT2D eigenvalue weighted by Gasteiger charge is 2.21. The molecule has 244 valence electrons. The van der Waals surface area contributed by atoms with Gasteiger partial charge in [0.1, 0.15) is 12.4 Å². The van der Waals surface area contributed by atoms with E-state index in [-0.39, 0.29) is 29.7 Å². The van der Waals surface area contributed by atoms with Gasteiger partial charge in [0.15, 0.2) is 5.16 Å². The fraction of sp³-hybridized carbons (Fsp3) is 0.278. The number of hydrogen-bond acceptors (Lipinski definition) is 6. The zero-order valence-electron chi connectivity index (χ0n) is 26.7. The third-order valence-electron chi connectivity index (χ3n) is 7.95. The zero-order chi connectivity index (χ0) is 33.3. The van der Waals surface area contributed by atoms with Crippen molar-refractivity contribution in [2.45, 2.75) is 43.3 Å². The Morgan fingerprint density at radius 3 is 2.28 bits per heavy atom. The molecule has 1 N–H and O–H groups in total. The Kier molecular flexibility index (Phi) is 11.6. The number of aromatic nitrogens is 4. The lowest BCUT2D eigenvalue weighted by Crippen LogP contribution is -2.36. The van der Waals surface area contributed by atoms with Crippen LogP contribution in [0.25, 0.3) is 11.1 Å². The third-order valence-corrected chi connectivity index (χ3v) is 9.26. The normalized spacial score (nSPS) is 12.0. The molecule has 0 aliphatic carbocycles. The lowest BCUT2D eigenvalue weighted by Gasteiger charge is -2.25. The largest absolute Gasteiger partial charge is 0.337 e. The number of carbonyl (C=O) groups excluding carboxylic acids is 1. The van der Waals surface area contributed by atoms with Crippen molar-refractivity contribution in [3.63, 3.8) is 0 Å². The van der Waals surface area contributed by atoms with Gasteiger partial charge in [0, 0.05) is 47.7 Å². The lowest BCUT2D eigenvalue weighted by molar-refractivity contribution is -0.132. The molecule has 1 atom stereocenters. The highest BCUT2D eigenvalue weighted by atomic mass is 35.5. The second kappa shape index (κ2) is 16.0. The van der Waals surface area contributed by atoms with Crippen molar-refractivity contribution in [1.82, 2.24) is 29.5 Å². The molecule has 11 heteroatoms. The van der Waals surface area contributed by atoms with Crippen LogP contribution in [0.1, 0.15) is 41.5 Å². The minimum atomic E-state index is -0.354. The molecule has 1 unspecified atom stereocenters. The van der Waals surface area contributed by atoms with Crippen LogP contribution < -0.4 is 5.56 Å². The first-order valence-electron chi connectivity index (χ1n) is 15.4. The number of nitrogens with zero attached hydrogens (tertiary/aromatic N) is 5. The Labute approximate surface area is 283 Å². The average Bonchev–Trinajstić information content (AvgIpc) is 3.61. The maximum atomic E-state index is 14.1. The molecule has 5 rings (SSSR count). The van der Waals surface area contributed by atoms with Crippen molar-refractivity contribution in [2.24, 2.45) is 0 Å². The van der Waals surface area contributed by atoms with E-state index in [1.54, 1.807) is 35.3 Å². The molecule has 0 spiro atoms. The highest BCUT2D eigenvalue weighted by molar-refractivity contribution is 7.98. The summed E-state index contributed by atoms with van der Waals surface area (Å²) in [5.41, 5.74) is 5.00. The number of halogens is 2. The number of amides is 1. The molecule has 0 bridgehead atoms. The van der Waals surface area contributed by atoms with E-state index in [0.29, 0.717) is 34.6 Å². The molecule has 5 aromatic rings. The van der Waals surface area contributed by atoms with Gasteiger partial charge < -0.3 is 14.4 Å². The molecule has 2 aromatic heterocycles. The summed E-state index contributed by atoms with van der Waals surface area (Å²) in [4.78, 5) is 35.8. The summed E-state index contributed by atoms with van der Waals surface area (Å²) in [6.45, 7) is 3.78. The van der Waals surface area contributed by atoms with Crippen LogP contribution >= 0.6 is 23.4 Å². The van der Waals surface area contributed by atoms with E-state index in [1.165, 1.54) is 23.9 Å². The van der Waals surface area contributed by atoms with Crippen molar-refractivity contribution in [3.05, 3.63) is 135 Å². The fourth-order valence-corrected chi connectivity index (χ4v) is 6.25. The minimum absolute atomic E-state index is 0.00889. The molecular weight excluding hydrogens is 635 g/mol. The number of rotatable bonds is 14. The number of aromatic amines is 1. The van der Waals surface area contributed by atoms with E-state index in [1.807, 2.05) is 62.3 Å². The van der Waals surface area contributed by atoms with E-state index < -0.39 is 0 Å². The van der Waals surface area contributed by atoms with Crippen molar-refractivity contribution >= 4 is 29.3 Å². The molecule has 47 heavy (non-hydrogen) atoms. The van der Waals surface area contributed by atoms with Gasteiger partial charge in [-0.15, -0.1) is 0 Å². The van der Waals surface area contributed by atoms with Crippen LogP contribution in [0.15, 0.2) is 101 Å². The van der Waals surface area contributed by atoms with Crippen LogP contribution in [-0.2, 0) is 23.6 Å². The number of carbonyl (C=O) groups is 1. The monoisotopic (exact) mass is 672 g/mol. The summed E-state index contributed by atoms with van der Waals surface area (Å²) >= 11 is 7.41. The molecule has 0 aliphatic rings. The van der Waals surface area contributed by atoms with Crippen LogP contribution in [0.3, 0.4) is 0 Å². The first-order valence-corrected chi connectivity index (χ1v) is 16.8. The summed E-state index contributed by atoms with van der Waals surface area (Å²) in [6, 6.07) is 22.1. The Balaban J connectivity index is 1.40. The number of benzene rings is 3. The quantitative estimate of drug-likeness (QED) is 0.103. The summed E-state index contributed by atoms with van der Waals surface area (Å²) in [5, 5.41) is 7.95. The standard InChI is InChI=1S/C36H38ClFN6O2S/c1-25(30-19-39-40-20-30)33-22-44(36(41-35(33)46)47-24-27-7-15-32(38)16-8-27)23-34(45)43(18-4-17-42(2)3)21-26-5-9-28(10-6-26)29-11-13-31(37)14-12-29/h5-16,19-20,22,25H,4,17-18,21,23-24H2,1-3H3,(H,39,40). The van der Waals surface area contributed by atoms with Gasteiger partial charge in [0.25, 0.3) is 5.56 Å². The van der Waals surface area contributed by atoms with E-state index in [0.717, 1.165) is 40.8 Å². The third kappa shape index (κ3) is 9.41. The lowest BCUT2D eigenvalue weighted by atomic mass is 9.98. The number of nitrogens with one attached hydrogen (secondary N) is 1. The van der Waals surface area contributed by atoms with Gasteiger partial charge in [-0.3, -0.25) is 14.7 Å². The van der Waals surface area contributed by atoms with Crippen molar-refractivity contribution in [3.8, 4) is 11.1 Å². The fourth-order valence-electron chi connectivity index (χ4n) is 5.21. The maximum absolute atomic E-state index is 14.1. The summed E-state index contributed by atoms with van der Waals surface area (Å²) in [7, 11) is 4.03. The Bertz CT molecular complexity index is 1810. The van der Waals surface area contributed by atoms with Gasteiger partial charge in [-0.1, -0.05) is 78.8 Å². The molecule has 3 aromatic carbocycles. The molecule has 0 fully saturated rings. The Morgan fingerprint density at radius 1 is 0.979 bits per heavy atom. The molecule has 2 heterocycles. The predicted molar refractivity (Wildman–Crippen MR) is 186 cm³/mol. The molecule has 0 saturated heterocycles. The zero-order valence-corrected chi connectivity index (χ0v) is 28.3. The molecule has 0 aliphatic heterocycles. The first kappa shape index (κ1) is 34.1. The average molecular weight is 673 g/mol. The van der Waals surface area contributed by atoms with Crippen molar-refractivity contribution < 1.29 is 9.18 Å². The van der Waals surface area contributed by atoms with E-state index in [2.05, 4.69) is 32.2 Å². The van der Waals surface area contributed by atoms with Crippen LogP contribution in [-0.4, -0.2) is 62.6 Å². The van der Waals surface area contributed by atoms with Crippen molar-refractivity contribution in [1.29, 1.82) is 0 Å². The van der Waals surface area contributed by atoms with Crippen LogP contribution in [0.5, 0.6) is 0 Å². The van der Waals surface area contributed by atoms with Crippen LogP contribution in [0.4, 0.5) is 4.39 Å². The predicted octanol–water partition coefficient (Wildman–Crippen LogP) is 6.85. The second-order valence-corrected chi connectivity index (χ2v) is 13.1. The summed E-state index contributed by atoms with van der Waals surface area (Å²) in [6.07, 6.45) is 5.98. The Hall–Kier alpha value is -4.25. The SMILES string of the molecule is CC(c1cn[nH]c1)c1cn(CC(=O)N(CCCN(C)C)Cc2ccc(-c3ccc(Cl)cc3)cc2)c(SCc2ccc(F)cc2)nc1=O. The molecule has 0 saturated carbocycles. The van der Waals surface area contributed by atoms with E-state index >= 15 is 0 Å². The molecule has 1 amide bonds. The number of hydrogen-bond donors (Lipinski definition) is 1. The maximum Gasteiger partial charge on any atom is 0.277 e. The summed E-state index contributed by atoms with van der Waals surface area (Å²) in [5.74, 6) is -0.210. The van der Waals surface area contributed by atoms with Gasteiger partial charge in [-0.05, 0) is 79.1 Å². The summed E-state index contributed by atoms with van der Waals surface area (Å²) < 4.78 is 15.3. The second-order valence-electron chi connectivity index (χ2n) is 11.8. The van der Waals surface area contributed by atoms with Gasteiger partial charge in [-0.25, -0.2) is 4.39 Å². The number of thioether (sulfide) groups is 1. The van der Waals surface area contributed by atoms with Gasteiger partial charge in [-0.2, -0.15) is 10.1 Å². The number of H-pyrrole nitrogens is 1. The van der Waals surface area contributed by atoms with Gasteiger partial charge in [0.2, 0.25) is 5.91 Å². The van der Waals surface area contributed by atoms with Gasteiger partial charge in [0.05, 0.1) is 6.20 Å². The van der Waals surface area contributed by atoms with Crippen LogP contribution in [0, 0.1) is 5.82 Å².